The van der Waals surface area contributed by atoms with Crippen molar-refractivity contribution in [2.75, 3.05) is 12.8 Å². The second-order valence-corrected chi connectivity index (χ2v) is 7.63. The molecule has 0 unspecified atom stereocenters. The fourth-order valence-electron chi connectivity index (χ4n) is 3.56. The van der Waals surface area contributed by atoms with Crippen molar-refractivity contribution >= 4 is 22.8 Å². The first-order chi connectivity index (χ1) is 16.1. The van der Waals surface area contributed by atoms with Gasteiger partial charge in [-0.15, -0.1) is 10.2 Å². The maximum absolute atomic E-state index is 6.27. The third-order valence-electron chi connectivity index (χ3n) is 5.35. The van der Waals surface area contributed by atoms with Gasteiger partial charge in [0.25, 0.3) is 0 Å². The molecular weight excluding hydrogens is 412 g/mol. The number of nitrogens with two attached hydrogens (primary N) is 1. The molecule has 2 N–H and O–H groups in total. The Morgan fingerprint density at radius 3 is 2.27 bits per heavy atom. The number of fused-ring (bicyclic) bond motifs is 1. The van der Waals surface area contributed by atoms with E-state index < -0.39 is 0 Å². The molecule has 0 saturated heterocycles. The normalized spacial score (nSPS) is 11.3. The zero-order valence-corrected chi connectivity index (χ0v) is 18.3. The van der Waals surface area contributed by atoms with Gasteiger partial charge in [-0.25, -0.2) is 9.50 Å². The molecule has 7 nitrogen and oxygen atoms in total. The summed E-state index contributed by atoms with van der Waals surface area (Å²) in [6.07, 6.45) is 0. The van der Waals surface area contributed by atoms with Gasteiger partial charge in [-0.1, -0.05) is 48.0 Å². The van der Waals surface area contributed by atoms with Gasteiger partial charge in [0.2, 0.25) is 0 Å². The highest BCUT2D eigenvalue weighted by molar-refractivity contribution is 5.81. The first-order valence-electron chi connectivity index (χ1n) is 10.5. The van der Waals surface area contributed by atoms with Crippen LogP contribution in [0.2, 0.25) is 0 Å². The molecule has 0 radical (unpaired) electrons. The van der Waals surface area contributed by atoms with E-state index in [0.29, 0.717) is 11.3 Å². The Balaban J connectivity index is 1.70. The summed E-state index contributed by atoms with van der Waals surface area (Å²) in [5.74, 6) is 1.05. The summed E-state index contributed by atoms with van der Waals surface area (Å²) >= 11 is 0. The van der Waals surface area contributed by atoms with E-state index in [1.54, 1.807) is 11.6 Å². The average molecular weight is 435 g/mol. The van der Waals surface area contributed by atoms with Crippen LogP contribution in [0.15, 0.2) is 95.2 Å². The molecule has 33 heavy (non-hydrogen) atoms. The molecule has 0 aliphatic heterocycles. The van der Waals surface area contributed by atoms with Gasteiger partial charge in [0.1, 0.15) is 5.75 Å². The number of hydrogen-bond donors (Lipinski definition) is 1. The molecule has 0 fully saturated rings. The van der Waals surface area contributed by atoms with Crippen LogP contribution in [-0.4, -0.2) is 21.7 Å². The number of aromatic nitrogens is 3. The van der Waals surface area contributed by atoms with Crippen molar-refractivity contribution < 1.29 is 4.74 Å². The largest absolute Gasteiger partial charge is 0.497 e. The quantitative estimate of drug-likeness (QED) is 0.325. The summed E-state index contributed by atoms with van der Waals surface area (Å²) in [4.78, 5) is 4.86. The number of azo groups is 1. The molecule has 0 saturated carbocycles. The van der Waals surface area contributed by atoms with Crippen molar-refractivity contribution in [3.05, 3.63) is 90.5 Å². The molecule has 162 valence electrons. The zero-order valence-electron chi connectivity index (χ0n) is 18.3. The van der Waals surface area contributed by atoms with Gasteiger partial charge in [0.05, 0.1) is 24.2 Å². The smallest absolute Gasteiger partial charge is 0.186 e. The predicted molar refractivity (Wildman–Crippen MR) is 130 cm³/mol. The zero-order chi connectivity index (χ0) is 22.8. The highest BCUT2D eigenvalue weighted by atomic mass is 16.5. The molecule has 2 aromatic heterocycles. The topological polar surface area (TPSA) is 90.2 Å². The number of rotatable bonds is 5. The van der Waals surface area contributed by atoms with E-state index in [2.05, 4.69) is 15.3 Å². The molecule has 0 amide bonds. The fraction of sp³-hybridized carbons (Fsp3) is 0.0769. The van der Waals surface area contributed by atoms with Crippen LogP contribution >= 0.6 is 0 Å². The number of anilines is 1. The highest BCUT2D eigenvalue weighted by Crippen LogP contribution is 2.34. The maximum Gasteiger partial charge on any atom is 0.186 e. The first-order valence-corrected chi connectivity index (χ1v) is 10.5. The number of nitrogen functional groups attached to an aromatic ring is 1. The minimum Gasteiger partial charge on any atom is -0.497 e. The van der Waals surface area contributed by atoms with Crippen LogP contribution in [0.5, 0.6) is 5.75 Å². The molecule has 2 heterocycles. The summed E-state index contributed by atoms with van der Waals surface area (Å²) in [7, 11) is 1.65. The Kier molecular flexibility index (Phi) is 5.28. The average Bonchev–Trinajstić information content (AvgIpc) is 3.18. The van der Waals surface area contributed by atoms with Crippen molar-refractivity contribution in [1.82, 2.24) is 14.6 Å². The number of hydrogen-bond acceptors (Lipinski definition) is 6. The third kappa shape index (κ3) is 4.04. The monoisotopic (exact) mass is 434 g/mol. The van der Waals surface area contributed by atoms with Gasteiger partial charge in [-0.3, -0.25) is 0 Å². The van der Waals surface area contributed by atoms with Gasteiger partial charge in [0, 0.05) is 11.1 Å². The minimum atomic E-state index is 0.266. The van der Waals surface area contributed by atoms with E-state index in [1.165, 1.54) is 0 Å². The van der Waals surface area contributed by atoms with Crippen molar-refractivity contribution in [2.45, 2.75) is 6.92 Å². The van der Waals surface area contributed by atoms with Gasteiger partial charge in [0.15, 0.2) is 17.2 Å². The van der Waals surface area contributed by atoms with Gasteiger partial charge >= 0.3 is 0 Å². The number of methoxy groups -OCH3 is 1. The molecular formula is C26H22N6O. The lowest BCUT2D eigenvalue weighted by Crippen LogP contribution is -1.98. The Hall–Kier alpha value is -4.52. The second-order valence-electron chi connectivity index (χ2n) is 7.63. The van der Waals surface area contributed by atoms with Crippen molar-refractivity contribution in [3.63, 3.8) is 0 Å². The number of aryl methyl sites for hydroxylation is 1. The highest BCUT2D eigenvalue weighted by Gasteiger charge is 2.18. The molecule has 0 aliphatic carbocycles. The molecule has 0 atom stereocenters. The molecule has 0 spiro atoms. The van der Waals surface area contributed by atoms with Gasteiger partial charge < -0.3 is 10.5 Å². The van der Waals surface area contributed by atoms with Crippen LogP contribution in [0, 0.1) is 6.92 Å². The molecule has 0 bridgehead atoms. The van der Waals surface area contributed by atoms with Gasteiger partial charge in [-0.2, -0.15) is 5.11 Å². The lowest BCUT2D eigenvalue weighted by molar-refractivity contribution is 0.415. The standard InChI is InChI=1S/C26H22N6O/c1-17-8-12-20(13-9-17)29-30-24-25(27)31-32-23(19-6-4-3-5-7-19)16-22(28-26(24)32)18-10-14-21(33-2)15-11-18/h3-16H,1-2H3,(H2,27,31). The Labute approximate surface area is 191 Å². The van der Waals surface area contributed by atoms with Gasteiger partial charge in [-0.05, 0) is 49.4 Å². The van der Waals surface area contributed by atoms with E-state index in [-0.39, 0.29) is 5.82 Å². The summed E-state index contributed by atoms with van der Waals surface area (Å²) in [5, 5.41) is 13.3. The summed E-state index contributed by atoms with van der Waals surface area (Å²) in [6.45, 7) is 2.03. The maximum atomic E-state index is 6.27. The predicted octanol–water partition coefficient (Wildman–Crippen LogP) is 6.38. The lowest BCUT2D eigenvalue weighted by atomic mass is 10.1. The van der Waals surface area contributed by atoms with Crippen molar-refractivity contribution in [2.24, 2.45) is 10.2 Å². The number of benzene rings is 3. The molecule has 5 aromatic rings. The second kappa shape index (κ2) is 8.55. The molecule has 0 aliphatic rings. The third-order valence-corrected chi connectivity index (χ3v) is 5.35. The molecule has 7 heteroatoms. The fourth-order valence-corrected chi connectivity index (χ4v) is 3.56. The van der Waals surface area contributed by atoms with Crippen LogP contribution in [0.25, 0.3) is 28.2 Å². The summed E-state index contributed by atoms with van der Waals surface area (Å²) < 4.78 is 7.02. The van der Waals surface area contributed by atoms with Crippen LogP contribution in [-0.2, 0) is 0 Å². The molecule has 5 rings (SSSR count). The van der Waals surface area contributed by atoms with Crippen LogP contribution in [0.1, 0.15) is 5.56 Å². The first kappa shape index (κ1) is 20.4. The minimum absolute atomic E-state index is 0.266. The van der Waals surface area contributed by atoms with E-state index in [4.69, 9.17) is 15.5 Å². The number of nitrogens with zero attached hydrogens (tertiary/aromatic N) is 5. The van der Waals surface area contributed by atoms with Crippen LogP contribution in [0.3, 0.4) is 0 Å². The lowest BCUT2D eigenvalue weighted by Gasteiger charge is -2.09. The van der Waals surface area contributed by atoms with Crippen molar-refractivity contribution in [3.8, 4) is 28.3 Å². The number of ether oxygens (including phenoxy) is 1. The summed E-state index contributed by atoms with van der Waals surface area (Å²) in [6, 6.07) is 27.6. The molecule has 3 aromatic carbocycles. The SMILES string of the molecule is COc1ccc(-c2cc(-c3ccccc3)n3nc(N)c(N=Nc4ccc(C)cc4)c3n2)cc1. The Morgan fingerprint density at radius 2 is 1.58 bits per heavy atom. The van der Waals surface area contributed by atoms with E-state index in [1.807, 2.05) is 91.9 Å². The van der Waals surface area contributed by atoms with Crippen molar-refractivity contribution in [1.29, 1.82) is 0 Å². The Morgan fingerprint density at radius 1 is 0.848 bits per heavy atom. The Bertz CT molecular complexity index is 1440. The van der Waals surface area contributed by atoms with E-state index in [0.717, 1.165) is 39.5 Å². The van der Waals surface area contributed by atoms with Crippen LogP contribution < -0.4 is 10.5 Å². The summed E-state index contributed by atoms with van der Waals surface area (Å²) in [5.41, 5.74) is 12.7. The van der Waals surface area contributed by atoms with E-state index in [9.17, 15) is 0 Å². The van der Waals surface area contributed by atoms with E-state index >= 15 is 0 Å². The van der Waals surface area contributed by atoms with Crippen LogP contribution in [0.4, 0.5) is 17.2 Å².